The highest BCUT2D eigenvalue weighted by Crippen LogP contribution is 2.29. The Morgan fingerprint density at radius 1 is 1.22 bits per heavy atom. The Bertz CT molecular complexity index is 524. The smallest absolute Gasteiger partial charge is 0.175 e. The van der Waals surface area contributed by atoms with Crippen LogP contribution < -0.4 is 10.6 Å². The molecule has 0 heterocycles. The Labute approximate surface area is 122 Å². The third kappa shape index (κ3) is 3.48. The van der Waals surface area contributed by atoms with Gasteiger partial charge in [-0.15, -0.1) is 0 Å². The molecule has 0 unspecified atom stereocenters. The molecule has 1 aliphatic carbocycles. The van der Waals surface area contributed by atoms with Gasteiger partial charge in [0.1, 0.15) is 0 Å². The molecule has 0 fully saturated rings. The second-order valence-electron chi connectivity index (χ2n) is 3.67. The van der Waals surface area contributed by atoms with E-state index in [4.69, 9.17) is 35.4 Å². The van der Waals surface area contributed by atoms with E-state index in [0.717, 1.165) is 12.1 Å². The molecule has 5 heteroatoms. The molecule has 2 nitrogen and oxygen atoms in total. The van der Waals surface area contributed by atoms with Gasteiger partial charge in [0.2, 0.25) is 0 Å². The lowest BCUT2D eigenvalue weighted by Gasteiger charge is -2.14. The van der Waals surface area contributed by atoms with Gasteiger partial charge in [-0.2, -0.15) is 0 Å². The van der Waals surface area contributed by atoms with Gasteiger partial charge < -0.3 is 10.6 Å². The molecule has 0 atom stereocenters. The monoisotopic (exact) mass is 297 g/mol. The molecule has 1 aromatic rings. The fraction of sp³-hybridized carbons (Fsp3) is 0.0769. The molecule has 0 saturated carbocycles. The molecule has 1 radical (unpaired) electrons. The van der Waals surface area contributed by atoms with E-state index in [1.807, 2.05) is 30.4 Å². The predicted octanol–water partition coefficient (Wildman–Crippen LogP) is 4.33. The van der Waals surface area contributed by atoms with Gasteiger partial charge in [-0.3, -0.25) is 0 Å². The summed E-state index contributed by atoms with van der Waals surface area (Å²) in [6.07, 6.45) is 8.96. The topological polar surface area (TPSA) is 24.1 Å². The zero-order valence-corrected chi connectivity index (χ0v) is 11.7. The Kier molecular flexibility index (Phi) is 4.64. The number of benzene rings is 1. The molecule has 1 aromatic carbocycles. The van der Waals surface area contributed by atoms with Crippen molar-refractivity contribution < 1.29 is 0 Å². The van der Waals surface area contributed by atoms with Crippen molar-refractivity contribution in [1.29, 1.82) is 0 Å². The van der Waals surface area contributed by atoms with E-state index in [1.54, 1.807) is 6.07 Å². The summed E-state index contributed by atoms with van der Waals surface area (Å²) in [7, 11) is 0. The first-order valence-corrected chi connectivity index (χ1v) is 6.55. The average molecular weight is 298 g/mol. The van der Waals surface area contributed by atoms with Crippen molar-refractivity contribution in [3.8, 4) is 0 Å². The van der Waals surface area contributed by atoms with E-state index in [9.17, 15) is 0 Å². The molecule has 0 saturated heterocycles. The van der Waals surface area contributed by atoms with Gasteiger partial charge in [0.05, 0.1) is 15.7 Å². The number of nitrogens with one attached hydrogen (secondary N) is 2. The fourth-order valence-electron chi connectivity index (χ4n) is 1.49. The summed E-state index contributed by atoms with van der Waals surface area (Å²) in [6, 6.07) is 5.36. The maximum absolute atomic E-state index is 6.06. The summed E-state index contributed by atoms with van der Waals surface area (Å²) in [5, 5.41) is 7.55. The lowest BCUT2D eigenvalue weighted by molar-refractivity contribution is 1.11. The second-order valence-corrected chi connectivity index (χ2v) is 4.86. The second kappa shape index (κ2) is 6.23. The van der Waals surface area contributed by atoms with Gasteiger partial charge in [-0.25, -0.2) is 0 Å². The molecule has 0 aromatic heterocycles. The summed E-state index contributed by atoms with van der Waals surface area (Å²) < 4.78 is 0. The van der Waals surface area contributed by atoms with Crippen LogP contribution in [0.2, 0.25) is 10.0 Å². The molecule has 1 aliphatic rings. The molecule has 0 spiro atoms. The van der Waals surface area contributed by atoms with E-state index in [1.165, 1.54) is 0 Å². The number of hydrogen-bond acceptors (Lipinski definition) is 1. The highest BCUT2D eigenvalue weighted by molar-refractivity contribution is 7.80. The third-order valence-electron chi connectivity index (χ3n) is 2.34. The fourth-order valence-corrected chi connectivity index (χ4v) is 2.07. The van der Waals surface area contributed by atoms with E-state index in [-0.39, 0.29) is 0 Å². The Balaban J connectivity index is 2.01. The number of allylic oxidation sites excluding steroid dienone is 3. The maximum Gasteiger partial charge on any atom is 0.175 e. The molecule has 0 amide bonds. The summed E-state index contributed by atoms with van der Waals surface area (Å²) in [5.41, 5.74) is 1.65. The van der Waals surface area contributed by atoms with Crippen LogP contribution in [0.5, 0.6) is 0 Å². The minimum absolute atomic E-state index is 0.463. The van der Waals surface area contributed by atoms with Gasteiger partial charge >= 0.3 is 0 Å². The largest absolute Gasteiger partial charge is 0.333 e. The van der Waals surface area contributed by atoms with Gasteiger partial charge in [0.15, 0.2) is 5.11 Å². The summed E-state index contributed by atoms with van der Waals surface area (Å²) >= 11 is 17.2. The molecule has 2 rings (SSSR count). The minimum atomic E-state index is 0.463. The van der Waals surface area contributed by atoms with Crippen molar-refractivity contribution in [2.75, 3.05) is 5.32 Å². The van der Waals surface area contributed by atoms with Crippen molar-refractivity contribution in [3.63, 3.8) is 0 Å². The zero-order chi connectivity index (χ0) is 13.0. The lowest BCUT2D eigenvalue weighted by atomic mass is 10.1. The number of rotatable bonds is 2. The summed E-state index contributed by atoms with van der Waals surface area (Å²) in [5.74, 6) is 0. The van der Waals surface area contributed by atoms with Gasteiger partial charge in [0, 0.05) is 5.70 Å². The molecule has 2 N–H and O–H groups in total. The van der Waals surface area contributed by atoms with E-state index < -0.39 is 0 Å². The minimum Gasteiger partial charge on any atom is -0.333 e. The average Bonchev–Trinajstić information content (AvgIpc) is 2.36. The molecular weight excluding hydrogens is 287 g/mol. The number of anilines is 1. The normalized spacial score (nSPS) is 14.0. The van der Waals surface area contributed by atoms with Crippen molar-refractivity contribution in [2.24, 2.45) is 0 Å². The van der Waals surface area contributed by atoms with Crippen LogP contribution in [0.25, 0.3) is 0 Å². The van der Waals surface area contributed by atoms with Gasteiger partial charge in [-0.1, -0.05) is 41.4 Å². The van der Waals surface area contributed by atoms with E-state index in [2.05, 4.69) is 17.1 Å². The van der Waals surface area contributed by atoms with E-state index in [0.29, 0.717) is 20.8 Å². The summed E-state index contributed by atoms with van der Waals surface area (Å²) in [4.78, 5) is 0. The van der Waals surface area contributed by atoms with Crippen LogP contribution in [0, 0.1) is 6.42 Å². The first-order chi connectivity index (χ1) is 8.66. The van der Waals surface area contributed by atoms with Gasteiger partial charge in [0.25, 0.3) is 0 Å². The highest BCUT2D eigenvalue weighted by Gasteiger charge is 2.06. The van der Waals surface area contributed by atoms with Crippen LogP contribution in [0.1, 0.15) is 6.42 Å². The van der Waals surface area contributed by atoms with Gasteiger partial charge in [-0.05, 0) is 43.3 Å². The first kappa shape index (κ1) is 13.4. The van der Waals surface area contributed by atoms with Crippen molar-refractivity contribution in [2.45, 2.75) is 6.42 Å². The Morgan fingerprint density at radius 3 is 2.78 bits per heavy atom. The van der Waals surface area contributed by atoms with E-state index >= 15 is 0 Å². The Morgan fingerprint density at radius 2 is 2.06 bits per heavy atom. The molecule has 0 aliphatic heterocycles. The molecular formula is C13H11Cl2N2S. The predicted molar refractivity (Wildman–Crippen MR) is 82.0 cm³/mol. The quantitative estimate of drug-likeness (QED) is 0.795. The van der Waals surface area contributed by atoms with Crippen LogP contribution in [0.3, 0.4) is 0 Å². The number of hydrogen-bond donors (Lipinski definition) is 2. The molecule has 93 valence electrons. The van der Waals surface area contributed by atoms with Crippen LogP contribution in [-0.2, 0) is 0 Å². The van der Waals surface area contributed by atoms with Crippen molar-refractivity contribution in [1.82, 2.24) is 5.32 Å². The van der Waals surface area contributed by atoms with Crippen LogP contribution in [-0.4, -0.2) is 5.11 Å². The van der Waals surface area contributed by atoms with Crippen molar-refractivity contribution >= 4 is 46.2 Å². The zero-order valence-electron chi connectivity index (χ0n) is 9.41. The third-order valence-corrected chi connectivity index (χ3v) is 3.37. The number of halogens is 2. The van der Waals surface area contributed by atoms with Crippen molar-refractivity contribution in [3.05, 3.63) is 58.6 Å². The lowest BCUT2D eigenvalue weighted by Crippen LogP contribution is -2.27. The van der Waals surface area contributed by atoms with Crippen LogP contribution >= 0.6 is 35.4 Å². The number of thiocarbonyl (C=S) groups is 1. The molecule has 18 heavy (non-hydrogen) atoms. The standard InChI is InChI=1S/C13H11Cl2N2S/c14-10-7-4-8-11(12(10)15)17-13(18)16-9-5-2-1-3-6-9/h1-2,4-8H,3H2,(H2,16,17,18). The highest BCUT2D eigenvalue weighted by atomic mass is 35.5. The Hall–Kier alpha value is -1.03. The maximum atomic E-state index is 6.06. The van der Waals surface area contributed by atoms with Crippen LogP contribution in [0.15, 0.2) is 42.1 Å². The molecule has 0 bridgehead atoms. The summed E-state index contributed by atoms with van der Waals surface area (Å²) in [6.45, 7) is 0. The first-order valence-electron chi connectivity index (χ1n) is 5.39. The SMILES string of the molecule is S=C(NC1=CC[CH]C=C1)Nc1cccc(Cl)c1Cl. The van der Waals surface area contributed by atoms with Crippen LogP contribution in [0.4, 0.5) is 5.69 Å².